The first-order chi connectivity index (χ1) is 19.4. The molecule has 0 amide bonds. The molecule has 0 aliphatic rings. The molecule has 1 aromatic carbocycles. The first-order valence-electron chi connectivity index (χ1n) is 13.7. The van der Waals surface area contributed by atoms with Crippen molar-refractivity contribution >= 4 is 27.8 Å². The lowest BCUT2D eigenvalue weighted by atomic mass is 10.1. The molecule has 0 atom stereocenters. The van der Waals surface area contributed by atoms with Crippen LogP contribution in [0.2, 0.25) is 0 Å². The highest BCUT2D eigenvalue weighted by Gasteiger charge is 2.18. The van der Waals surface area contributed by atoms with Crippen molar-refractivity contribution < 1.29 is 36.8 Å². The summed E-state index contributed by atoms with van der Waals surface area (Å²) in [5, 5.41) is 3.08. The molecule has 0 unspecified atom stereocenters. The lowest BCUT2D eigenvalue weighted by molar-refractivity contribution is -0.136. The van der Waals surface area contributed by atoms with Gasteiger partial charge in [-0.3, -0.25) is 18.9 Å². The summed E-state index contributed by atoms with van der Waals surface area (Å²) in [4.78, 5) is 37.9. The van der Waals surface area contributed by atoms with E-state index >= 15 is 0 Å². The Morgan fingerprint density at radius 1 is 0.810 bits per heavy atom. The maximum absolute atomic E-state index is 12.7. The minimum absolute atomic E-state index is 0.0528. The van der Waals surface area contributed by atoms with Crippen molar-refractivity contribution in [3.05, 3.63) is 70.4 Å². The quantitative estimate of drug-likeness (QED) is 0.0793. The van der Waals surface area contributed by atoms with Gasteiger partial charge in [0.25, 0.3) is 10.1 Å². The van der Waals surface area contributed by atoms with Crippen LogP contribution in [0.4, 0.5) is 0 Å². The Hall–Kier alpha value is -3.34. The maximum atomic E-state index is 12.7. The highest BCUT2D eigenvalue weighted by molar-refractivity contribution is 7.85. The van der Waals surface area contributed by atoms with Crippen molar-refractivity contribution in [2.75, 3.05) is 12.8 Å². The van der Waals surface area contributed by atoms with Gasteiger partial charge in [0.05, 0.1) is 25.6 Å². The Kier molecular flexibility index (Phi) is 18.2. The molecular formula is C32H47NO8S. The highest BCUT2D eigenvalue weighted by Crippen LogP contribution is 2.30. The maximum Gasteiger partial charge on any atom is 0.315 e. The number of benzene rings is 1. The molecule has 0 spiro atoms. The minimum Gasteiger partial charge on any atom is -0.422 e. The van der Waals surface area contributed by atoms with E-state index in [1.165, 1.54) is 23.3 Å². The van der Waals surface area contributed by atoms with Gasteiger partial charge in [-0.25, -0.2) is 0 Å². The lowest BCUT2D eigenvalue weighted by Gasteiger charge is -2.13. The van der Waals surface area contributed by atoms with E-state index in [-0.39, 0.29) is 42.7 Å². The minimum atomic E-state index is -3.67. The van der Waals surface area contributed by atoms with E-state index < -0.39 is 22.1 Å². The van der Waals surface area contributed by atoms with E-state index in [1.54, 1.807) is 6.07 Å². The molecule has 2 N–H and O–H groups in total. The number of Topliss-reactive ketones (excluding diaryl/α,β-unsaturated/α-hetero) is 1. The summed E-state index contributed by atoms with van der Waals surface area (Å²) in [5.41, 5.74) is 4.52. The number of esters is 2. The summed E-state index contributed by atoms with van der Waals surface area (Å²) < 4.78 is 37.0. The lowest BCUT2D eigenvalue weighted by Crippen LogP contribution is -2.29. The Morgan fingerprint density at radius 2 is 1.24 bits per heavy atom. The van der Waals surface area contributed by atoms with Crippen LogP contribution in [0.1, 0.15) is 91.4 Å². The molecule has 0 saturated carbocycles. The van der Waals surface area contributed by atoms with E-state index in [4.69, 9.17) is 14.0 Å². The van der Waals surface area contributed by atoms with Crippen LogP contribution < -0.4 is 14.8 Å². The van der Waals surface area contributed by atoms with Gasteiger partial charge in [-0.2, -0.15) is 8.42 Å². The third-order valence-corrected chi connectivity index (χ3v) is 5.22. The van der Waals surface area contributed by atoms with Gasteiger partial charge in [0.15, 0.2) is 17.3 Å². The largest absolute Gasteiger partial charge is 0.422 e. The van der Waals surface area contributed by atoms with Crippen LogP contribution in [0.15, 0.2) is 64.8 Å². The van der Waals surface area contributed by atoms with Crippen LogP contribution in [0.5, 0.6) is 11.5 Å². The molecule has 42 heavy (non-hydrogen) atoms. The number of rotatable bonds is 14. The molecular weight excluding hydrogens is 558 g/mol. The number of carbonyl (C=O) groups is 3. The Balaban J connectivity index is 0.00000308. The number of carbonyl (C=O) groups excluding carboxylic acids is 3. The predicted molar refractivity (Wildman–Crippen MR) is 167 cm³/mol. The van der Waals surface area contributed by atoms with Crippen molar-refractivity contribution in [2.24, 2.45) is 0 Å². The van der Waals surface area contributed by atoms with Gasteiger partial charge >= 0.3 is 11.9 Å². The second kappa shape index (κ2) is 19.7. The van der Waals surface area contributed by atoms with Crippen molar-refractivity contribution in [2.45, 2.75) is 87.1 Å². The summed E-state index contributed by atoms with van der Waals surface area (Å²) in [5.74, 6) is -0.959. The van der Waals surface area contributed by atoms with E-state index in [1.807, 2.05) is 67.5 Å². The monoisotopic (exact) mass is 605 g/mol. The third-order valence-electron chi connectivity index (χ3n) is 5.22. The topological polar surface area (TPSA) is 136 Å². The first kappa shape index (κ1) is 38.7. The fraction of sp³-hybridized carbons (Fsp3) is 0.469. The average molecular weight is 606 g/mol. The number of ketones is 1. The molecule has 0 radical (unpaired) electrons. The molecule has 0 heterocycles. The fourth-order valence-corrected chi connectivity index (χ4v) is 3.15. The second-order valence-corrected chi connectivity index (χ2v) is 12.3. The number of ether oxygens (including phenoxy) is 2. The van der Waals surface area contributed by atoms with Gasteiger partial charge in [-0.05, 0) is 72.6 Å². The standard InChI is InChI=1S/C31H43NO5.CH4O3S/c1-21(2)11-9-13-24(7)17-30(34)36-28-16-15-26(27(33)20-32-23(5)6)19-29(28)37-31(35)18-25(8)14-10-12-22(3)4;1-5(2,3)4/h11-16,19,23,32H,9-10,17-18,20H2,1-8H3;1H3,(H,2,3,4). The van der Waals surface area contributed by atoms with Crippen molar-refractivity contribution in [3.8, 4) is 11.5 Å². The van der Waals surface area contributed by atoms with Gasteiger partial charge in [-0.15, -0.1) is 0 Å². The summed E-state index contributed by atoms with van der Waals surface area (Å²) in [7, 11) is -3.67. The SMILES string of the molecule is CC(C)=CCC=C(C)CC(=O)Oc1ccc(C(=O)CNC(C)C)cc1OC(=O)CC(C)=CCC=C(C)C.CS(=O)(=O)O. The average Bonchev–Trinajstić information content (AvgIpc) is 2.81. The van der Waals surface area contributed by atoms with Crippen molar-refractivity contribution in [1.82, 2.24) is 5.32 Å². The van der Waals surface area contributed by atoms with Crippen molar-refractivity contribution in [1.29, 1.82) is 0 Å². The van der Waals surface area contributed by atoms with Gasteiger partial charge in [0, 0.05) is 11.6 Å². The van der Waals surface area contributed by atoms with Gasteiger partial charge in [0.2, 0.25) is 0 Å². The predicted octanol–water partition coefficient (Wildman–Crippen LogP) is 6.57. The summed E-state index contributed by atoms with van der Waals surface area (Å²) in [6, 6.07) is 4.69. The summed E-state index contributed by atoms with van der Waals surface area (Å²) >= 11 is 0. The second-order valence-electron chi connectivity index (χ2n) is 10.8. The summed E-state index contributed by atoms with van der Waals surface area (Å²) in [6.07, 6.45) is 10.5. The number of nitrogens with one attached hydrogen (secondary N) is 1. The molecule has 1 aromatic rings. The molecule has 0 aromatic heterocycles. The molecule has 1 rings (SSSR count). The fourth-order valence-electron chi connectivity index (χ4n) is 3.15. The third kappa shape index (κ3) is 21.4. The van der Waals surface area contributed by atoms with Crippen molar-refractivity contribution in [3.63, 3.8) is 0 Å². The molecule has 0 bridgehead atoms. The zero-order valence-corrected chi connectivity index (χ0v) is 27.2. The molecule has 0 fully saturated rings. The van der Waals surface area contributed by atoms with E-state index in [0.717, 1.165) is 24.0 Å². The smallest absolute Gasteiger partial charge is 0.315 e. The normalized spacial score (nSPS) is 11.7. The Labute approximate surface area is 251 Å². The zero-order valence-electron chi connectivity index (χ0n) is 26.4. The number of hydrogen-bond acceptors (Lipinski definition) is 8. The molecule has 0 saturated heterocycles. The van der Waals surface area contributed by atoms with Gasteiger partial charge in [-0.1, -0.05) is 60.4 Å². The van der Waals surface area contributed by atoms with Crippen LogP contribution in [0.3, 0.4) is 0 Å². The Morgan fingerprint density at radius 3 is 1.64 bits per heavy atom. The molecule has 0 aliphatic carbocycles. The number of hydrogen-bond donors (Lipinski definition) is 2. The molecule has 9 nitrogen and oxygen atoms in total. The first-order valence-corrected chi connectivity index (χ1v) is 15.5. The van der Waals surface area contributed by atoms with Crippen LogP contribution in [0.25, 0.3) is 0 Å². The van der Waals surface area contributed by atoms with E-state index in [0.29, 0.717) is 11.8 Å². The molecule has 234 valence electrons. The van der Waals surface area contributed by atoms with Crippen LogP contribution in [0, 0.1) is 0 Å². The molecule has 0 aliphatic heterocycles. The van der Waals surface area contributed by atoms with E-state index in [9.17, 15) is 22.8 Å². The Bertz CT molecular complexity index is 1290. The number of allylic oxidation sites excluding steroid dienone is 6. The molecule has 10 heteroatoms. The zero-order chi connectivity index (χ0) is 32.5. The van der Waals surface area contributed by atoms with Crippen LogP contribution in [-0.2, 0) is 19.7 Å². The van der Waals surface area contributed by atoms with Gasteiger partial charge < -0.3 is 14.8 Å². The van der Waals surface area contributed by atoms with Crippen LogP contribution in [-0.4, -0.2) is 49.5 Å². The highest BCUT2D eigenvalue weighted by atomic mass is 32.2. The van der Waals surface area contributed by atoms with E-state index in [2.05, 4.69) is 17.5 Å². The van der Waals surface area contributed by atoms with Crippen LogP contribution >= 0.6 is 0 Å². The van der Waals surface area contributed by atoms with Gasteiger partial charge in [0.1, 0.15) is 0 Å². The summed E-state index contributed by atoms with van der Waals surface area (Å²) in [6.45, 7) is 15.9.